The molecule has 0 aliphatic rings. The van der Waals surface area contributed by atoms with Crippen molar-refractivity contribution in [3.8, 4) is 22.8 Å². The highest BCUT2D eigenvalue weighted by molar-refractivity contribution is 7.99. The Morgan fingerprint density at radius 3 is 2.53 bits per heavy atom. The average Bonchev–Trinajstić information content (AvgIpc) is 2.79. The molecule has 3 aromatic rings. The Kier molecular flexibility index (Phi) is 8.09. The van der Waals surface area contributed by atoms with Crippen LogP contribution in [-0.2, 0) is 11.2 Å². The second-order valence-corrected chi connectivity index (χ2v) is 7.41. The smallest absolute Gasteiger partial charge is 0.230 e. The fourth-order valence-electron chi connectivity index (χ4n) is 2.88. The lowest BCUT2D eigenvalue weighted by Crippen LogP contribution is -2.27. The molecule has 1 N–H and O–H groups in total. The monoisotopic (exact) mass is 423 g/mol. The number of thioether (sulfide) groups is 1. The lowest BCUT2D eigenvalue weighted by atomic mass is 10.1. The highest BCUT2D eigenvalue weighted by atomic mass is 32.2. The molecule has 0 aliphatic heterocycles. The van der Waals surface area contributed by atoms with Crippen LogP contribution in [0.4, 0.5) is 0 Å². The van der Waals surface area contributed by atoms with E-state index >= 15 is 0 Å². The molecule has 0 atom stereocenters. The van der Waals surface area contributed by atoms with Crippen LogP contribution in [-0.4, -0.2) is 42.1 Å². The Morgan fingerprint density at radius 1 is 1.03 bits per heavy atom. The van der Waals surface area contributed by atoms with Gasteiger partial charge >= 0.3 is 0 Å². The van der Waals surface area contributed by atoms with Gasteiger partial charge in [0.2, 0.25) is 5.91 Å². The number of carbonyl (C=O) groups is 1. The third kappa shape index (κ3) is 6.22. The van der Waals surface area contributed by atoms with E-state index in [-0.39, 0.29) is 5.91 Å². The van der Waals surface area contributed by atoms with Crippen LogP contribution < -0.4 is 14.8 Å². The Morgan fingerprint density at radius 2 is 1.83 bits per heavy atom. The molecule has 2 aromatic carbocycles. The van der Waals surface area contributed by atoms with Gasteiger partial charge in [-0.25, -0.2) is 0 Å². The summed E-state index contributed by atoms with van der Waals surface area (Å²) in [6.07, 6.45) is 0.719. The predicted molar refractivity (Wildman–Crippen MR) is 119 cm³/mol. The number of aromatic nitrogens is 2. The maximum Gasteiger partial charge on any atom is 0.230 e. The van der Waals surface area contributed by atoms with E-state index in [0.717, 1.165) is 34.7 Å². The Labute approximate surface area is 181 Å². The summed E-state index contributed by atoms with van der Waals surface area (Å²) in [7, 11) is 1.65. The van der Waals surface area contributed by atoms with Crippen molar-refractivity contribution >= 4 is 17.7 Å². The van der Waals surface area contributed by atoms with Crippen LogP contribution in [0.3, 0.4) is 0 Å². The lowest BCUT2D eigenvalue weighted by molar-refractivity contribution is -0.118. The van der Waals surface area contributed by atoms with Crippen LogP contribution in [0, 0.1) is 0 Å². The molecule has 0 bridgehead atoms. The molecule has 156 valence electrons. The molecule has 0 saturated carbocycles. The molecule has 1 heterocycles. The second kappa shape index (κ2) is 11.2. The molecule has 0 aliphatic carbocycles. The first-order valence-corrected chi connectivity index (χ1v) is 10.8. The third-order valence-electron chi connectivity index (χ3n) is 4.36. The van der Waals surface area contributed by atoms with E-state index in [1.54, 1.807) is 7.11 Å². The van der Waals surface area contributed by atoms with Gasteiger partial charge in [-0.1, -0.05) is 30.0 Å². The van der Waals surface area contributed by atoms with E-state index in [1.807, 2.05) is 67.6 Å². The molecule has 3 rings (SSSR count). The zero-order chi connectivity index (χ0) is 21.2. The number of para-hydroxylation sites is 1. The van der Waals surface area contributed by atoms with E-state index in [1.165, 1.54) is 11.8 Å². The Balaban J connectivity index is 1.44. The van der Waals surface area contributed by atoms with Gasteiger partial charge in [0.05, 0.1) is 25.2 Å². The topological polar surface area (TPSA) is 73.3 Å². The van der Waals surface area contributed by atoms with Crippen molar-refractivity contribution in [2.75, 3.05) is 26.0 Å². The molecule has 0 spiro atoms. The molecule has 7 heteroatoms. The number of methoxy groups -OCH3 is 1. The summed E-state index contributed by atoms with van der Waals surface area (Å²) >= 11 is 1.37. The van der Waals surface area contributed by atoms with E-state index in [2.05, 4.69) is 15.5 Å². The summed E-state index contributed by atoms with van der Waals surface area (Å²) in [6, 6.07) is 19.3. The van der Waals surface area contributed by atoms with Gasteiger partial charge in [0.1, 0.15) is 16.5 Å². The van der Waals surface area contributed by atoms with Gasteiger partial charge in [-0.3, -0.25) is 4.79 Å². The van der Waals surface area contributed by atoms with Gasteiger partial charge < -0.3 is 14.8 Å². The fraction of sp³-hybridized carbons (Fsp3) is 0.261. The summed E-state index contributed by atoms with van der Waals surface area (Å²) in [5, 5.41) is 12.1. The molecule has 1 aromatic heterocycles. The number of ether oxygens (including phenoxy) is 2. The predicted octanol–water partition coefficient (Wildman–Crippen LogP) is 4.00. The summed E-state index contributed by atoms with van der Waals surface area (Å²) < 4.78 is 10.8. The quantitative estimate of drug-likeness (QED) is 0.497. The van der Waals surface area contributed by atoms with Crippen LogP contribution in [0.15, 0.2) is 65.7 Å². The number of hydrogen-bond acceptors (Lipinski definition) is 6. The van der Waals surface area contributed by atoms with Crippen LogP contribution >= 0.6 is 11.8 Å². The lowest BCUT2D eigenvalue weighted by Gasteiger charge is -2.09. The summed E-state index contributed by atoms with van der Waals surface area (Å²) in [4.78, 5) is 12.1. The largest absolute Gasteiger partial charge is 0.496 e. The standard InChI is InChI=1S/C23H25N3O3S/c1-3-29-19-10-8-17(9-11-19)20-12-13-23(26-25-20)30-16-22(27)24-15-14-18-6-4-5-7-21(18)28-2/h4-13H,3,14-16H2,1-2H3,(H,24,27). The minimum absolute atomic E-state index is 0.0349. The molecular weight excluding hydrogens is 398 g/mol. The average molecular weight is 424 g/mol. The maximum absolute atomic E-state index is 12.1. The Hall–Kier alpha value is -3.06. The second-order valence-electron chi connectivity index (χ2n) is 6.41. The number of carbonyl (C=O) groups excluding carboxylic acids is 1. The highest BCUT2D eigenvalue weighted by Crippen LogP contribution is 2.22. The van der Waals surface area contributed by atoms with E-state index in [4.69, 9.17) is 9.47 Å². The molecule has 6 nitrogen and oxygen atoms in total. The van der Waals surface area contributed by atoms with Crippen LogP contribution in [0.25, 0.3) is 11.3 Å². The van der Waals surface area contributed by atoms with E-state index in [9.17, 15) is 4.79 Å². The van der Waals surface area contributed by atoms with Crippen molar-refractivity contribution in [2.24, 2.45) is 0 Å². The van der Waals surface area contributed by atoms with Gasteiger partial charge in [0.25, 0.3) is 0 Å². The van der Waals surface area contributed by atoms with E-state index in [0.29, 0.717) is 23.9 Å². The van der Waals surface area contributed by atoms with Crippen molar-refractivity contribution in [3.05, 3.63) is 66.2 Å². The molecule has 0 unspecified atom stereocenters. The highest BCUT2D eigenvalue weighted by Gasteiger charge is 2.07. The van der Waals surface area contributed by atoms with Gasteiger partial charge in [0.15, 0.2) is 0 Å². The molecule has 0 saturated heterocycles. The van der Waals surface area contributed by atoms with Crippen LogP contribution in [0.5, 0.6) is 11.5 Å². The number of amides is 1. The van der Waals surface area contributed by atoms with Gasteiger partial charge in [-0.2, -0.15) is 0 Å². The molecule has 30 heavy (non-hydrogen) atoms. The van der Waals surface area contributed by atoms with E-state index < -0.39 is 0 Å². The van der Waals surface area contributed by atoms with Crippen molar-refractivity contribution in [2.45, 2.75) is 18.4 Å². The number of rotatable bonds is 10. The molecule has 0 radical (unpaired) electrons. The van der Waals surface area contributed by atoms with Crippen molar-refractivity contribution < 1.29 is 14.3 Å². The van der Waals surface area contributed by atoms with Crippen molar-refractivity contribution in [1.82, 2.24) is 15.5 Å². The molecule has 0 fully saturated rings. The summed E-state index contributed by atoms with van der Waals surface area (Å²) in [5.41, 5.74) is 2.82. The van der Waals surface area contributed by atoms with Crippen molar-refractivity contribution in [3.63, 3.8) is 0 Å². The molecule has 1 amide bonds. The number of nitrogens with zero attached hydrogens (tertiary/aromatic N) is 2. The SMILES string of the molecule is CCOc1ccc(-c2ccc(SCC(=O)NCCc3ccccc3OC)nn2)cc1. The first-order chi connectivity index (χ1) is 14.7. The Bertz CT molecular complexity index is 947. The third-order valence-corrected chi connectivity index (χ3v) is 5.28. The molecular formula is C23H25N3O3S. The van der Waals surface area contributed by atoms with Crippen molar-refractivity contribution in [1.29, 1.82) is 0 Å². The van der Waals surface area contributed by atoms with Gasteiger partial charge in [-0.15, -0.1) is 10.2 Å². The fourth-order valence-corrected chi connectivity index (χ4v) is 3.52. The number of benzene rings is 2. The van der Waals surface area contributed by atoms with Gasteiger partial charge in [0, 0.05) is 12.1 Å². The maximum atomic E-state index is 12.1. The van der Waals surface area contributed by atoms with Gasteiger partial charge in [-0.05, 0) is 61.4 Å². The minimum Gasteiger partial charge on any atom is -0.496 e. The number of nitrogens with one attached hydrogen (secondary N) is 1. The summed E-state index contributed by atoms with van der Waals surface area (Å²) in [5.74, 6) is 1.93. The number of hydrogen-bond donors (Lipinski definition) is 1. The first-order valence-electron chi connectivity index (χ1n) is 9.78. The van der Waals surface area contributed by atoms with Crippen LogP contribution in [0.2, 0.25) is 0 Å². The van der Waals surface area contributed by atoms with Crippen LogP contribution in [0.1, 0.15) is 12.5 Å². The first kappa shape index (κ1) is 21.6. The minimum atomic E-state index is -0.0349. The summed E-state index contributed by atoms with van der Waals surface area (Å²) in [6.45, 7) is 3.15. The zero-order valence-electron chi connectivity index (χ0n) is 17.1. The zero-order valence-corrected chi connectivity index (χ0v) is 17.9. The normalized spacial score (nSPS) is 10.5.